The van der Waals surface area contributed by atoms with E-state index in [0.29, 0.717) is 5.56 Å². The van der Waals surface area contributed by atoms with Crippen LogP contribution in [0.1, 0.15) is 36.6 Å². The molecule has 1 unspecified atom stereocenters. The van der Waals surface area contributed by atoms with E-state index < -0.39 is 0 Å². The van der Waals surface area contributed by atoms with Crippen LogP contribution >= 0.6 is 0 Å². The molecule has 112 valence electrons. The van der Waals surface area contributed by atoms with Crippen LogP contribution in [-0.2, 0) is 0 Å². The fourth-order valence-corrected chi connectivity index (χ4v) is 2.41. The molecule has 0 saturated heterocycles. The highest BCUT2D eigenvalue weighted by molar-refractivity contribution is 5.38. The smallest absolute Gasteiger partial charge is 0.126 e. The van der Waals surface area contributed by atoms with Crippen molar-refractivity contribution in [1.29, 1.82) is 0 Å². The van der Waals surface area contributed by atoms with Crippen molar-refractivity contribution in [2.75, 3.05) is 7.05 Å². The van der Waals surface area contributed by atoms with E-state index in [4.69, 9.17) is 4.74 Å². The normalized spacial score (nSPS) is 12.5. The molecule has 1 N–H and O–H groups in total. The average molecular weight is 287 g/mol. The van der Waals surface area contributed by atoms with Crippen molar-refractivity contribution < 1.29 is 9.13 Å². The first-order valence-electron chi connectivity index (χ1n) is 7.21. The van der Waals surface area contributed by atoms with Crippen LogP contribution in [0.2, 0.25) is 0 Å². The topological polar surface area (TPSA) is 21.3 Å². The highest BCUT2D eigenvalue weighted by Gasteiger charge is 2.14. The predicted molar refractivity (Wildman–Crippen MR) is 84.2 cm³/mol. The van der Waals surface area contributed by atoms with Gasteiger partial charge in [0.1, 0.15) is 11.6 Å². The summed E-state index contributed by atoms with van der Waals surface area (Å²) in [4.78, 5) is 0. The van der Waals surface area contributed by atoms with Gasteiger partial charge in [-0.25, -0.2) is 4.39 Å². The number of hydrogen-bond acceptors (Lipinski definition) is 2. The first-order chi connectivity index (χ1) is 10.0. The second-order valence-electron chi connectivity index (χ2n) is 5.47. The van der Waals surface area contributed by atoms with Crippen molar-refractivity contribution in [3.63, 3.8) is 0 Å². The lowest BCUT2D eigenvalue weighted by Crippen LogP contribution is -2.18. The maximum atomic E-state index is 13.4. The van der Waals surface area contributed by atoms with Gasteiger partial charge in [0.15, 0.2) is 0 Å². The lowest BCUT2D eigenvalue weighted by Gasteiger charge is -2.19. The van der Waals surface area contributed by atoms with Crippen LogP contribution in [0.15, 0.2) is 42.5 Å². The van der Waals surface area contributed by atoms with Gasteiger partial charge in [-0.3, -0.25) is 0 Å². The predicted octanol–water partition coefficient (Wildman–Crippen LogP) is 4.23. The third kappa shape index (κ3) is 3.82. The minimum atomic E-state index is -0.175. The van der Waals surface area contributed by atoms with Crippen LogP contribution in [0.25, 0.3) is 0 Å². The van der Waals surface area contributed by atoms with E-state index in [9.17, 15) is 4.39 Å². The second kappa shape index (κ2) is 6.72. The van der Waals surface area contributed by atoms with Crippen LogP contribution in [-0.4, -0.2) is 13.2 Å². The van der Waals surface area contributed by atoms with Crippen LogP contribution in [0.4, 0.5) is 4.39 Å². The van der Waals surface area contributed by atoms with E-state index in [1.807, 2.05) is 57.3 Å². The molecule has 2 aromatic carbocycles. The minimum Gasteiger partial charge on any atom is -0.491 e. The van der Waals surface area contributed by atoms with Crippen molar-refractivity contribution in [3.8, 4) is 5.75 Å². The molecule has 0 aromatic heterocycles. The number of hydrogen-bond donors (Lipinski definition) is 1. The van der Waals surface area contributed by atoms with Crippen molar-refractivity contribution >= 4 is 0 Å². The Morgan fingerprint density at radius 2 is 1.76 bits per heavy atom. The fraction of sp³-hybridized carbons (Fsp3) is 0.333. The summed E-state index contributed by atoms with van der Waals surface area (Å²) < 4.78 is 19.2. The molecule has 2 nitrogen and oxygen atoms in total. The van der Waals surface area contributed by atoms with E-state index in [-0.39, 0.29) is 18.0 Å². The molecule has 0 fully saturated rings. The summed E-state index contributed by atoms with van der Waals surface area (Å²) >= 11 is 0. The molecule has 0 aliphatic heterocycles. The molecular formula is C18H22FNO. The first-order valence-corrected chi connectivity index (χ1v) is 7.21. The maximum Gasteiger partial charge on any atom is 0.126 e. The molecule has 3 heteroatoms. The molecule has 0 radical (unpaired) electrons. The summed E-state index contributed by atoms with van der Waals surface area (Å²) in [7, 11) is 1.90. The first kappa shape index (κ1) is 15.5. The number of benzene rings is 2. The number of halogens is 1. The van der Waals surface area contributed by atoms with Gasteiger partial charge in [0.2, 0.25) is 0 Å². The summed E-state index contributed by atoms with van der Waals surface area (Å²) in [6, 6.07) is 13.2. The number of aryl methyl sites for hydroxylation is 1. The molecule has 1 atom stereocenters. The van der Waals surface area contributed by atoms with E-state index in [2.05, 4.69) is 5.32 Å². The number of ether oxygens (including phenoxy) is 1. The average Bonchev–Trinajstić information content (AvgIpc) is 2.43. The number of rotatable bonds is 5. The molecule has 0 spiro atoms. The van der Waals surface area contributed by atoms with Gasteiger partial charge in [0, 0.05) is 0 Å². The van der Waals surface area contributed by atoms with Gasteiger partial charge < -0.3 is 10.1 Å². The van der Waals surface area contributed by atoms with E-state index >= 15 is 0 Å². The fourth-order valence-electron chi connectivity index (χ4n) is 2.41. The standard InChI is InChI=1S/C18H22FNO/c1-12(2)21-16-7-5-6-14(11-16)18(20-4)15-8-9-17(19)13(3)10-15/h5-12,18,20H,1-4H3. The quantitative estimate of drug-likeness (QED) is 0.888. The monoisotopic (exact) mass is 287 g/mol. The summed E-state index contributed by atoms with van der Waals surface area (Å²) in [5.74, 6) is 0.673. The second-order valence-corrected chi connectivity index (χ2v) is 5.47. The molecular weight excluding hydrogens is 265 g/mol. The van der Waals surface area contributed by atoms with E-state index in [1.165, 1.54) is 6.07 Å². The summed E-state index contributed by atoms with van der Waals surface area (Å²) in [5, 5.41) is 3.28. The molecule has 0 amide bonds. The highest BCUT2D eigenvalue weighted by atomic mass is 19.1. The summed E-state index contributed by atoms with van der Waals surface area (Å²) in [5.41, 5.74) is 2.79. The van der Waals surface area contributed by atoms with Crippen molar-refractivity contribution in [2.24, 2.45) is 0 Å². The van der Waals surface area contributed by atoms with Crippen molar-refractivity contribution in [2.45, 2.75) is 32.9 Å². The maximum absolute atomic E-state index is 13.4. The van der Waals surface area contributed by atoms with Gasteiger partial charge in [0.05, 0.1) is 12.1 Å². The van der Waals surface area contributed by atoms with Crippen LogP contribution < -0.4 is 10.1 Å². The number of nitrogens with one attached hydrogen (secondary N) is 1. The SMILES string of the molecule is CNC(c1cccc(OC(C)C)c1)c1ccc(F)c(C)c1. The Bertz CT molecular complexity index is 610. The zero-order valence-electron chi connectivity index (χ0n) is 13.0. The highest BCUT2D eigenvalue weighted by Crippen LogP contribution is 2.26. The third-order valence-corrected chi connectivity index (χ3v) is 3.37. The Balaban J connectivity index is 2.34. The van der Waals surface area contributed by atoms with Crippen LogP contribution in [0, 0.1) is 12.7 Å². The van der Waals surface area contributed by atoms with Crippen molar-refractivity contribution in [3.05, 3.63) is 65.0 Å². The Morgan fingerprint density at radius 1 is 1.05 bits per heavy atom. The zero-order valence-corrected chi connectivity index (χ0v) is 13.0. The Labute approximate surface area is 126 Å². The zero-order chi connectivity index (χ0) is 15.4. The van der Waals surface area contributed by atoms with Crippen LogP contribution in [0.3, 0.4) is 0 Å². The van der Waals surface area contributed by atoms with Gasteiger partial charge in [0.25, 0.3) is 0 Å². The Kier molecular flexibility index (Phi) is 4.97. The van der Waals surface area contributed by atoms with Gasteiger partial charge in [-0.1, -0.05) is 24.3 Å². The minimum absolute atomic E-state index is 0.0139. The molecule has 0 bridgehead atoms. The summed E-state index contributed by atoms with van der Waals surface area (Å²) in [6.45, 7) is 5.79. The molecule has 0 saturated carbocycles. The Hall–Kier alpha value is -1.87. The Morgan fingerprint density at radius 3 is 2.38 bits per heavy atom. The van der Waals surface area contributed by atoms with Crippen LogP contribution in [0.5, 0.6) is 5.75 Å². The van der Waals surface area contributed by atoms with E-state index in [0.717, 1.165) is 16.9 Å². The van der Waals surface area contributed by atoms with Gasteiger partial charge in [-0.05, 0) is 62.7 Å². The largest absolute Gasteiger partial charge is 0.491 e. The molecule has 0 heterocycles. The van der Waals surface area contributed by atoms with Gasteiger partial charge >= 0.3 is 0 Å². The molecule has 2 aromatic rings. The lowest BCUT2D eigenvalue weighted by molar-refractivity contribution is 0.242. The van der Waals surface area contributed by atoms with Gasteiger partial charge in [-0.15, -0.1) is 0 Å². The lowest BCUT2D eigenvalue weighted by atomic mass is 9.97. The summed E-state index contributed by atoms with van der Waals surface area (Å²) in [6.07, 6.45) is 0.140. The molecule has 0 aliphatic carbocycles. The molecule has 21 heavy (non-hydrogen) atoms. The third-order valence-electron chi connectivity index (χ3n) is 3.37. The molecule has 0 aliphatic rings. The van der Waals surface area contributed by atoms with Crippen molar-refractivity contribution in [1.82, 2.24) is 5.32 Å². The van der Waals surface area contributed by atoms with E-state index in [1.54, 1.807) is 6.92 Å². The molecule has 2 rings (SSSR count). The van der Waals surface area contributed by atoms with Gasteiger partial charge in [-0.2, -0.15) is 0 Å².